The molecule has 0 saturated heterocycles. The van der Waals surface area contributed by atoms with Crippen molar-refractivity contribution in [2.45, 2.75) is 42.8 Å². The van der Waals surface area contributed by atoms with Crippen LogP contribution in [0.15, 0.2) is 47.4 Å². The number of nitrogens with one attached hydrogen (secondary N) is 2. The highest BCUT2D eigenvalue weighted by atomic mass is 32.2. The number of Topliss-reactive ketones (excluding diaryl/α,β-unsaturated/α-hetero) is 1. The molecule has 0 saturated carbocycles. The second-order valence-corrected chi connectivity index (χ2v) is 11.2. The summed E-state index contributed by atoms with van der Waals surface area (Å²) in [6.07, 6.45) is 3.02. The number of hydrogen-bond donors (Lipinski definition) is 3. The zero-order valence-electron chi connectivity index (χ0n) is 19.8. The van der Waals surface area contributed by atoms with E-state index in [-0.39, 0.29) is 22.0 Å². The van der Waals surface area contributed by atoms with E-state index in [9.17, 15) is 32.3 Å². The maximum absolute atomic E-state index is 13.2. The Morgan fingerprint density at radius 2 is 1.86 bits per heavy atom. The van der Waals surface area contributed by atoms with E-state index in [0.29, 0.717) is 58.6 Å². The molecule has 0 fully saturated rings. The van der Waals surface area contributed by atoms with Crippen molar-refractivity contribution < 1.29 is 32.3 Å². The van der Waals surface area contributed by atoms with Crippen molar-refractivity contribution in [3.63, 3.8) is 0 Å². The Bertz CT molecular complexity index is 1600. The molecule has 8 nitrogen and oxygen atoms in total. The van der Waals surface area contributed by atoms with Gasteiger partial charge in [0.05, 0.1) is 22.1 Å². The zero-order valence-corrected chi connectivity index (χ0v) is 20.6. The van der Waals surface area contributed by atoms with Crippen LogP contribution in [0.1, 0.15) is 64.1 Å². The van der Waals surface area contributed by atoms with Gasteiger partial charge in [-0.05, 0) is 61.7 Å². The fourth-order valence-electron chi connectivity index (χ4n) is 4.87. The van der Waals surface area contributed by atoms with Crippen molar-refractivity contribution in [1.29, 1.82) is 0 Å². The highest BCUT2D eigenvalue weighted by Crippen LogP contribution is 2.38. The number of hydrogen-bond acceptors (Lipinski definition) is 5. The number of carboxylic acid groups (broad SMARTS) is 1. The van der Waals surface area contributed by atoms with Crippen molar-refractivity contribution in [1.82, 2.24) is 4.98 Å². The minimum Gasteiger partial charge on any atom is -0.481 e. The van der Waals surface area contributed by atoms with Gasteiger partial charge in [-0.25, -0.2) is 12.8 Å². The molecule has 1 unspecified atom stereocenters. The molecule has 2 aromatic carbocycles. The van der Waals surface area contributed by atoms with Crippen molar-refractivity contribution in [2.24, 2.45) is 0 Å². The van der Waals surface area contributed by atoms with Crippen LogP contribution in [0.4, 0.5) is 10.1 Å². The van der Waals surface area contributed by atoms with Gasteiger partial charge in [0.2, 0.25) is 0 Å². The monoisotopic (exact) mass is 522 g/mol. The molecular formula is C27H23FN2O6S. The van der Waals surface area contributed by atoms with E-state index in [1.165, 1.54) is 55.5 Å². The number of aryl methyl sites for hydroxylation is 1. The van der Waals surface area contributed by atoms with E-state index in [0.717, 1.165) is 0 Å². The molecule has 0 bridgehead atoms. The molecular weight excluding hydrogens is 499 g/mol. The Labute approximate surface area is 212 Å². The first-order chi connectivity index (χ1) is 17.5. The molecule has 1 aliphatic carbocycles. The number of H-pyrrole nitrogens is 1. The van der Waals surface area contributed by atoms with Crippen LogP contribution in [0.2, 0.25) is 0 Å². The van der Waals surface area contributed by atoms with Gasteiger partial charge in [0.25, 0.3) is 5.91 Å². The summed E-state index contributed by atoms with van der Waals surface area (Å²) in [5, 5.41) is 12.4. The molecule has 1 amide bonds. The summed E-state index contributed by atoms with van der Waals surface area (Å²) in [7, 11) is -3.82. The fourth-order valence-corrected chi connectivity index (χ4v) is 6.24. The molecule has 37 heavy (non-hydrogen) atoms. The van der Waals surface area contributed by atoms with Gasteiger partial charge in [0, 0.05) is 40.2 Å². The molecule has 1 atom stereocenters. The molecule has 5 rings (SSSR count). The Balaban J connectivity index is 1.59. The molecule has 0 spiro atoms. The van der Waals surface area contributed by atoms with Gasteiger partial charge >= 0.3 is 5.97 Å². The van der Waals surface area contributed by atoms with Crippen molar-refractivity contribution >= 4 is 44.8 Å². The Hall–Kier alpha value is -4.05. The van der Waals surface area contributed by atoms with Crippen LogP contribution in [0, 0.1) is 5.82 Å². The number of anilines is 1. The summed E-state index contributed by atoms with van der Waals surface area (Å²) in [4.78, 5) is 40.5. The summed E-state index contributed by atoms with van der Waals surface area (Å²) in [5.41, 5.74) is 2.99. The predicted molar refractivity (Wildman–Crippen MR) is 134 cm³/mol. The average molecular weight is 523 g/mol. The zero-order chi connectivity index (χ0) is 26.5. The lowest BCUT2D eigenvalue weighted by Gasteiger charge is -2.14. The minimum atomic E-state index is -3.82. The van der Waals surface area contributed by atoms with E-state index < -0.39 is 33.4 Å². The third kappa shape index (κ3) is 4.48. The molecule has 0 radical (unpaired) electrons. The predicted octanol–water partition coefficient (Wildman–Crippen LogP) is 4.33. The minimum absolute atomic E-state index is 0.0157. The molecule has 10 heteroatoms. The number of aromatic amines is 1. The molecule has 2 heterocycles. The lowest BCUT2D eigenvalue weighted by Crippen LogP contribution is -2.15. The van der Waals surface area contributed by atoms with Crippen LogP contribution in [-0.4, -0.2) is 36.2 Å². The maximum atomic E-state index is 13.2. The van der Waals surface area contributed by atoms with Crippen LogP contribution in [0.5, 0.6) is 0 Å². The highest BCUT2D eigenvalue weighted by Gasteiger charge is 2.33. The number of carboxylic acids is 1. The number of aliphatic carboxylic acids is 1. The van der Waals surface area contributed by atoms with Crippen molar-refractivity contribution in [3.8, 4) is 0 Å². The molecule has 190 valence electrons. The van der Waals surface area contributed by atoms with Crippen LogP contribution < -0.4 is 5.32 Å². The van der Waals surface area contributed by atoms with E-state index in [2.05, 4.69) is 10.3 Å². The number of fused-ring (bicyclic) bond motifs is 2. The van der Waals surface area contributed by atoms with Gasteiger partial charge in [0.15, 0.2) is 15.6 Å². The quantitative estimate of drug-likeness (QED) is 0.413. The number of benzene rings is 2. The van der Waals surface area contributed by atoms with Gasteiger partial charge < -0.3 is 15.4 Å². The summed E-state index contributed by atoms with van der Waals surface area (Å²) < 4.78 is 39.4. The Morgan fingerprint density at radius 1 is 1.14 bits per heavy atom. The van der Waals surface area contributed by atoms with Crippen LogP contribution >= 0.6 is 0 Å². The number of amides is 1. The largest absolute Gasteiger partial charge is 0.481 e. The van der Waals surface area contributed by atoms with Gasteiger partial charge in [-0.15, -0.1) is 0 Å². The molecule has 3 aromatic rings. The molecule has 3 N–H and O–H groups in total. The summed E-state index contributed by atoms with van der Waals surface area (Å²) in [5.74, 6) is -3.54. The summed E-state index contributed by atoms with van der Waals surface area (Å²) >= 11 is 0. The third-order valence-corrected chi connectivity index (χ3v) is 8.44. The SMILES string of the molecule is CC(C(=O)O)c1c(/C=C2\C(=O)Nc3ccc(S(=O)(=O)Cc4ccc(F)cc4)cc32)[nH]c2c1C(=O)CCC2. The first-order valence-corrected chi connectivity index (χ1v) is 13.4. The Kier molecular flexibility index (Phi) is 6.07. The molecule has 2 aliphatic rings. The first kappa shape index (κ1) is 24.6. The van der Waals surface area contributed by atoms with Gasteiger partial charge in [-0.3, -0.25) is 14.4 Å². The third-order valence-electron chi connectivity index (χ3n) is 6.75. The van der Waals surface area contributed by atoms with Crippen LogP contribution in [0.25, 0.3) is 11.6 Å². The summed E-state index contributed by atoms with van der Waals surface area (Å²) in [6.45, 7) is 1.48. The number of carbonyl (C=O) groups excluding carboxylic acids is 2. The number of aromatic nitrogens is 1. The van der Waals surface area contributed by atoms with Gasteiger partial charge in [-0.1, -0.05) is 12.1 Å². The van der Waals surface area contributed by atoms with Crippen molar-refractivity contribution in [3.05, 3.63) is 81.9 Å². The molecule has 1 aromatic heterocycles. The first-order valence-electron chi connectivity index (χ1n) is 11.7. The average Bonchev–Trinajstić information content (AvgIpc) is 3.37. The van der Waals surface area contributed by atoms with Gasteiger partial charge in [0.1, 0.15) is 5.82 Å². The number of halogens is 1. The number of ketones is 1. The fraction of sp³-hybridized carbons (Fsp3) is 0.222. The number of rotatable bonds is 6. The summed E-state index contributed by atoms with van der Waals surface area (Å²) in [6, 6.07) is 9.46. The number of carbonyl (C=O) groups is 3. The lowest BCUT2D eigenvalue weighted by atomic mass is 9.87. The van der Waals surface area contributed by atoms with E-state index in [1.54, 1.807) is 0 Å². The second kappa shape index (κ2) is 9.11. The van der Waals surface area contributed by atoms with Gasteiger partial charge in [-0.2, -0.15) is 0 Å². The van der Waals surface area contributed by atoms with E-state index in [1.807, 2.05) is 0 Å². The maximum Gasteiger partial charge on any atom is 0.310 e. The van der Waals surface area contributed by atoms with Crippen LogP contribution in [-0.2, 0) is 31.6 Å². The topological polar surface area (TPSA) is 133 Å². The molecule has 1 aliphatic heterocycles. The smallest absolute Gasteiger partial charge is 0.310 e. The van der Waals surface area contributed by atoms with E-state index >= 15 is 0 Å². The van der Waals surface area contributed by atoms with Crippen molar-refractivity contribution in [2.75, 3.05) is 5.32 Å². The number of sulfone groups is 1. The second-order valence-electron chi connectivity index (χ2n) is 9.25. The normalized spacial score (nSPS) is 16.9. The van der Waals surface area contributed by atoms with E-state index in [4.69, 9.17) is 0 Å². The van der Waals surface area contributed by atoms with Crippen LogP contribution in [0.3, 0.4) is 0 Å². The standard InChI is InChI=1S/C27H23FN2O6S/c1-14(27(33)34)24-22(29-21-3-2-4-23(31)25(21)24)12-19-18-11-17(9-10-20(18)30-26(19)32)37(35,36)13-15-5-7-16(28)8-6-15/h5-12,14,29H,2-4,13H2,1H3,(H,30,32)(H,33,34)/b19-12-. The highest BCUT2D eigenvalue weighted by molar-refractivity contribution is 7.90. The Morgan fingerprint density at radius 3 is 2.57 bits per heavy atom. The lowest BCUT2D eigenvalue weighted by molar-refractivity contribution is -0.138.